The Hall–Kier alpha value is -0.752. The molecule has 3 heteroatoms. The van der Waals surface area contributed by atoms with Crippen LogP contribution in [0.15, 0.2) is 24.3 Å². The first-order valence-corrected chi connectivity index (χ1v) is 4.58. The molecule has 0 aliphatic heterocycles. The maximum atomic E-state index is 11.0. The molecule has 0 bridgehead atoms. The molecule has 62 valence electrons. The molecule has 1 aromatic carbocycles. The van der Waals surface area contributed by atoms with E-state index in [1.807, 2.05) is 24.3 Å². The van der Waals surface area contributed by atoms with Crippen molar-refractivity contribution >= 4 is 32.8 Å². The molecule has 0 heterocycles. The number of nitrogens with zero attached hydrogens (tertiary/aromatic N) is 1. The SMILES string of the molecule is CC(=O)N(C)c1ccc([As])cc1. The van der Waals surface area contributed by atoms with E-state index in [0.717, 1.165) is 10.0 Å². The molecule has 1 aromatic rings. The Kier molecular flexibility index (Phi) is 2.93. The van der Waals surface area contributed by atoms with E-state index in [0.29, 0.717) is 0 Å². The van der Waals surface area contributed by atoms with Gasteiger partial charge in [0.25, 0.3) is 0 Å². The molecular formula is C9H10AsNO. The van der Waals surface area contributed by atoms with E-state index in [1.54, 1.807) is 18.9 Å². The molecule has 0 saturated carbocycles. The van der Waals surface area contributed by atoms with Gasteiger partial charge in [0, 0.05) is 0 Å². The molecule has 0 saturated heterocycles. The van der Waals surface area contributed by atoms with Crippen LogP contribution in [-0.4, -0.2) is 29.8 Å². The maximum absolute atomic E-state index is 11.0. The van der Waals surface area contributed by atoms with Crippen LogP contribution in [-0.2, 0) is 4.79 Å². The van der Waals surface area contributed by atoms with Crippen LogP contribution < -0.4 is 9.25 Å². The van der Waals surface area contributed by atoms with E-state index < -0.39 is 0 Å². The van der Waals surface area contributed by atoms with Crippen LogP contribution in [0, 0.1) is 0 Å². The monoisotopic (exact) mass is 223 g/mol. The molecule has 0 atom stereocenters. The average Bonchev–Trinajstić information content (AvgIpc) is 2.04. The first kappa shape index (κ1) is 9.34. The summed E-state index contributed by atoms with van der Waals surface area (Å²) in [7, 11) is 1.77. The Bertz CT molecular complexity index is 281. The molecule has 0 N–H and O–H groups in total. The topological polar surface area (TPSA) is 20.3 Å². The van der Waals surface area contributed by atoms with Gasteiger partial charge in [0.2, 0.25) is 0 Å². The summed E-state index contributed by atoms with van der Waals surface area (Å²) in [6, 6.07) is 7.79. The van der Waals surface area contributed by atoms with Crippen molar-refractivity contribution in [2.45, 2.75) is 6.92 Å². The van der Waals surface area contributed by atoms with Gasteiger partial charge < -0.3 is 0 Å². The number of hydrogen-bond acceptors (Lipinski definition) is 1. The van der Waals surface area contributed by atoms with Gasteiger partial charge in [-0.25, -0.2) is 0 Å². The molecular weight excluding hydrogens is 213 g/mol. The van der Waals surface area contributed by atoms with Gasteiger partial charge in [0.1, 0.15) is 0 Å². The molecule has 0 aromatic heterocycles. The molecule has 2 nitrogen and oxygen atoms in total. The fourth-order valence-electron chi connectivity index (χ4n) is 0.858. The molecule has 0 fully saturated rings. The van der Waals surface area contributed by atoms with Crippen molar-refractivity contribution in [1.82, 2.24) is 0 Å². The zero-order valence-electron chi connectivity index (χ0n) is 7.11. The Morgan fingerprint density at radius 3 is 2.25 bits per heavy atom. The van der Waals surface area contributed by atoms with Crippen molar-refractivity contribution < 1.29 is 4.79 Å². The summed E-state index contributed by atoms with van der Waals surface area (Å²) in [4.78, 5) is 12.6. The summed E-state index contributed by atoms with van der Waals surface area (Å²) >= 11 is 2.46. The summed E-state index contributed by atoms with van der Waals surface area (Å²) in [6.07, 6.45) is 0. The normalized spacial score (nSPS) is 9.58. The predicted molar refractivity (Wildman–Crippen MR) is 50.9 cm³/mol. The standard InChI is InChI=1S/C9H10AsNO/c1-7(12)11(2)9-5-3-8(10)4-6-9/h3-6H,1-2H3. The third kappa shape index (κ3) is 2.12. The van der Waals surface area contributed by atoms with Crippen LogP contribution in [0.2, 0.25) is 0 Å². The number of carbonyl (C=O) groups is 1. The summed E-state index contributed by atoms with van der Waals surface area (Å²) in [5.74, 6) is 0.0494. The summed E-state index contributed by atoms with van der Waals surface area (Å²) < 4.78 is 1.14. The first-order valence-electron chi connectivity index (χ1n) is 3.64. The van der Waals surface area contributed by atoms with Crippen LogP contribution in [0.4, 0.5) is 5.69 Å². The summed E-state index contributed by atoms with van der Waals surface area (Å²) in [6.45, 7) is 1.55. The van der Waals surface area contributed by atoms with Crippen molar-refractivity contribution in [2.75, 3.05) is 11.9 Å². The fraction of sp³-hybridized carbons (Fsp3) is 0.222. The Balaban J connectivity index is 2.89. The van der Waals surface area contributed by atoms with Crippen LogP contribution >= 0.6 is 0 Å². The number of hydrogen-bond donors (Lipinski definition) is 0. The molecule has 12 heavy (non-hydrogen) atoms. The zero-order valence-corrected chi connectivity index (χ0v) is 8.99. The van der Waals surface area contributed by atoms with E-state index in [1.165, 1.54) is 0 Å². The van der Waals surface area contributed by atoms with Gasteiger partial charge >= 0.3 is 80.7 Å². The number of benzene rings is 1. The third-order valence-electron chi connectivity index (χ3n) is 1.71. The Labute approximate surface area is 81.1 Å². The third-order valence-corrected chi connectivity index (χ3v) is 2.33. The number of carbonyl (C=O) groups excluding carboxylic acids is 1. The average molecular weight is 223 g/mol. The van der Waals surface area contributed by atoms with Gasteiger partial charge in [0.05, 0.1) is 0 Å². The van der Waals surface area contributed by atoms with Crippen molar-refractivity contribution in [1.29, 1.82) is 0 Å². The van der Waals surface area contributed by atoms with Crippen LogP contribution in [0.25, 0.3) is 0 Å². The van der Waals surface area contributed by atoms with Crippen molar-refractivity contribution in [3.63, 3.8) is 0 Å². The van der Waals surface area contributed by atoms with Crippen LogP contribution in [0.1, 0.15) is 6.92 Å². The summed E-state index contributed by atoms with van der Waals surface area (Å²) in [5.41, 5.74) is 0.928. The fourth-order valence-corrected chi connectivity index (χ4v) is 1.17. The van der Waals surface area contributed by atoms with Gasteiger partial charge in [-0.3, -0.25) is 0 Å². The van der Waals surface area contributed by atoms with E-state index >= 15 is 0 Å². The van der Waals surface area contributed by atoms with Gasteiger partial charge in [-0.2, -0.15) is 0 Å². The van der Waals surface area contributed by atoms with Gasteiger partial charge in [-0.15, -0.1) is 0 Å². The second-order valence-electron chi connectivity index (χ2n) is 2.59. The van der Waals surface area contributed by atoms with E-state index in [-0.39, 0.29) is 5.91 Å². The van der Waals surface area contributed by atoms with Crippen molar-refractivity contribution in [2.24, 2.45) is 0 Å². The minimum absolute atomic E-state index is 0.0494. The van der Waals surface area contributed by atoms with E-state index in [4.69, 9.17) is 0 Å². The minimum atomic E-state index is 0.0494. The zero-order chi connectivity index (χ0) is 9.14. The van der Waals surface area contributed by atoms with Crippen LogP contribution in [0.3, 0.4) is 0 Å². The van der Waals surface area contributed by atoms with Gasteiger partial charge in [-0.05, 0) is 0 Å². The molecule has 0 aliphatic carbocycles. The van der Waals surface area contributed by atoms with E-state index in [9.17, 15) is 4.79 Å². The Morgan fingerprint density at radius 2 is 1.83 bits per heavy atom. The predicted octanol–water partition coefficient (Wildman–Crippen LogP) is 0.463. The number of amides is 1. The molecule has 2 radical (unpaired) electrons. The van der Waals surface area contributed by atoms with Crippen molar-refractivity contribution in [3.8, 4) is 0 Å². The van der Waals surface area contributed by atoms with Crippen molar-refractivity contribution in [3.05, 3.63) is 24.3 Å². The van der Waals surface area contributed by atoms with E-state index in [2.05, 4.69) is 16.9 Å². The first-order chi connectivity index (χ1) is 5.61. The second-order valence-corrected chi connectivity index (χ2v) is 3.68. The number of anilines is 1. The molecule has 0 aliphatic rings. The summed E-state index contributed by atoms with van der Waals surface area (Å²) in [5, 5.41) is 0. The van der Waals surface area contributed by atoms with Crippen LogP contribution in [0.5, 0.6) is 0 Å². The van der Waals surface area contributed by atoms with Gasteiger partial charge in [0.15, 0.2) is 0 Å². The second kappa shape index (κ2) is 3.77. The Morgan fingerprint density at radius 1 is 1.33 bits per heavy atom. The number of rotatable bonds is 1. The molecule has 0 unspecified atom stereocenters. The molecule has 1 rings (SSSR count). The van der Waals surface area contributed by atoms with Gasteiger partial charge in [-0.1, -0.05) is 0 Å². The molecule has 1 amide bonds. The quantitative estimate of drug-likeness (QED) is 0.633. The molecule has 0 spiro atoms.